The zero-order valence-corrected chi connectivity index (χ0v) is 12.4. The van der Waals surface area contributed by atoms with Crippen molar-refractivity contribution >= 4 is 28.3 Å². The summed E-state index contributed by atoms with van der Waals surface area (Å²) in [5, 5.41) is 9.42. The van der Waals surface area contributed by atoms with Gasteiger partial charge >= 0.3 is 0 Å². The standard InChI is InChI=1S/C17H17ClN2O/c18-14-3-1-2-10-8-11(4-6-13(10)14)17(21)20-16-9-12-5-7-15(16)19-12/h1-4,6,8,12,15-16,19H,5,7,9H2,(H,20,21)/t12-,15+,16-/m1/s1. The lowest BCUT2D eigenvalue weighted by molar-refractivity contribution is 0.0931. The topological polar surface area (TPSA) is 41.1 Å². The highest BCUT2D eigenvalue weighted by molar-refractivity contribution is 6.35. The third kappa shape index (κ3) is 2.30. The molecule has 2 N–H and O–H groups in total. The molecule has 0 unspecified atom stereocenters. The monoisotopic (exact) mass is 300 g/mol. The maximum atomic E-state index is 12.4. The minimum absolute atomic E-state index is 0.0104. The van der Waals surface area contributed by atoms with Gasteiger partial charge in [-0.15, -0.1) is 0 Å². The van der Waals surface area contributed by atoms with Crippen molar-refractivity contribution in [1.29, 1.82) is 0 Å². The van der Waals surface area contributed by atoms with Crippen LogP contribution in [0.15, 0.2) is 36.4 Å². The molecular weight excluding hydrogens is 284 g/mol. The Balaban J connectivity index is 1.57. The average Bonchev–Trinajstić information content (AvgIpc) is 3.09. The lowest BCUT2D eigenvalue weighted by Gasteiger charge is -2.21. The van der Waals surface area contributed by atoms with Gasteiger partial charge in [-0.25, -0.2) is 0 Å². The summed E-state index contributed by atoms with van der Waals surface area (Å²) in [6.07, 6.45) is 3.46. The van der Waals surface area contributed by atoms with Gasteiger partial charge in [0.25, 0.3) is 5.91 Å². The fourth-order valence-electron chi connectivity index (χ4n) is 3.62. The molecule has 4 rings (SSSR count). The zero-order valence-electron chi connectivity index (χ0n) is 11.6. The molecule has 3 atom stereocenters. The Morgan fingerprint density at radius 3 is 2.90 bits per heavy atom. The van der Waals surface area contributed by atoms with Gasteiger partial charge in [-0.3, -0.25) is 4.79 Å². The van der Waals surface area contributed by atoms with Crippen LogP contribution in [0, 0.1) is 0 Å². The first-order valence-corrected chi connectivity index (χ1v) is 7.84. The molecule has 2 aromatic rings. The highest BCUT2D eigenvalue weighted by Gasteiger charge is 2.39. The van der Waals surface area contributed by atoms with Crippen LogP contribution in [0.4, 0.5) is 0 Å². The summed E-state index contributed by atoms with van der Waals surface area (Å²) >= 11 is 6.16. The molecule has 0 aliphatic carbocycles. The second kappa shape index (κ2) is 5.00. The van der Waals surface area contributed by atoms with E-state index in [1.807, 2.05) is 36.4 Å². The van der Waals surface area contributed by atoms with E-state index in [1.165, 1.54) is 12.8 Å². The number of benzene rings is 2. The molecule has 108 valence electrons. The van der Waals surface area contributed by atoms with Crippen LogP contribution in [0.1, 0.15) is 29.6 Å². The molecular formula is C17H17ClN2O. The molecule has 21 heavy (non-hydrogen) atoms. The molecule has 2 aliphatic rings. The van der Waals surface area contributed by atoms with Crippen molar-refractivity contribution < 1.29 is 4.79 Å². The van der Waals surface area contributed by atoms with E-state index in [0.29, 0.717) is 17.6 Å². The third-order valence-corrected chi connectivity index (χ3v) is 5.04. The van der Waals surface area contributed by atoms with Crippen LogP contribution in [-0.4, -0.2) is 24.0 Å². The maximum Gasteiger partial charge on any atom is 0.251 e. The number of carbonyl (C=O) groups excluding carboxylic acids is 1. The van der Waals surface area contributed by atoms with Crippen molar-refractivity contribution in [2.45, 2.75) is 37.4 Å². The summed E-state index contributed by atoms with van der Waals surface area (Å²) < 4.78 is 0. The van der Waals surface area contributed by atoms with Gasteiger partial charge in [0.05, 0.1) is 0 Å². The number of fused-ring (bicyclic) bond motifs is 3. The SMILES string of the molecule is O=C(N[C@@H]1C[C@H]2CC[C@@H]1N2)c1ccc2c(Cl)cccc2c1. The number of amides is 1. The van der Waals surface area contributed by atoms with E-state index in [4.69, 9.17) is 11.6 Å². The number of halogens is 1. The molecule has 2 bridgehead atoms. The zero-order chi connectivity index (χ0) is 14.4. The van der Waals surface area contributed by atoms with E-state index >= 15 is 0 Å². The summed E-state index contributed by atoms with van der Waals surface area (Å²) in [7, 11) is 0. The molecule has 2 heterocycles. The quantitative estimate of drug-likeness (QED) is 0.895. The number of carbonyl (C=O) groups is 1. The molecule has 1 amide bonds. The van der Waals surface area contributed by atoms with Crippen LogP contribution >= 0.6 is 11.6 Å². The van der Waals surface area contributed by atoms with E-state index in [1.54, 1.807) is 0 Å². The van der Waals surface area contributed by atoms with Crippen molar-refractivity contribution in [3.05, 3.63) is 47.0 Å². The maximum absolute atomic E-state index is 12.4. The lowest BCUT2D eigenvalue weighted by atomic mass is 9.95. The Labute approximate surface area is 128 Å². The molecule has 2 saturated heterocycles. The van der Waals surface area contributed by atoms with E-state index in [-0.39, 0.29) is 11.9 Å². The van der Waals surface area contributed by atoms with Crippen molar-refractivity contribution in [2.24, 2.45) is 0 Å². The predicted molar refractivity (Wildman–Crippen MR) is 84.8 cm³/mol. The van der Waals surface area contributed by atoms with Crippen LogP contribution in [0.5, 0.6) is 0 Å². The van der Waals surface area contributed by atoms with Crippen LogP contribution < -0.4 is 10.6 Å². The minimum atomic E-state index is 0.0104. The Hall–Kier alpha value is -1.58. The van der Waals surface area contributed by atoms with Crippen molar-refractivity contribution in [2.75, 3.05) is 0 Å². The second-order valence-electron chi connectivity index (χ2n) is 6.04. The number of rotatable bonds is 2. The molecule has 2 aromatic carbocycles. The van der Waals surface area contributed by atoms with Crippen LogP contribution in [0.3, 0.4) is 0 Å². The summed E-state index contributed by atoms with van der Waals surface area (Å²) in [5.41, 5.74) is 0.701. The van der Waals surface area contributed by atoms with E-state index in [9.17, 15) is 4.79 Å². The number of hydrogen-bond donors (Lipinski definition) is 2. The van der Waals surface area contributed by atoms with Crippen molar-refractivity contribution in [1.82, 2.24) is 10.6 Å². The van der Waals surface area contributed by atoms with Crippen molar-refractivity contribution in [3.8, 4) is 0 Å². The van der Waals surface area contributed by atoms with Gasteiger partial charge in [0.2, 0.25) is 0 Å². The Bertz CT molecular complexity index is 715. The van der Waals surface area contributed by atoms with E-state index in [0.717, 1.165) is 22.2 Å². The molecule has 0 spiro atoms. The van der Waals surface area contributed by atoms with Crippen LogP contribution in [0.2, 0.25) is 5.02 Å². The molecule has 3 nitrogen and oxygen atoms in total. The number of hydrogen-bond acceptors (Lipinski definition) is 2. The van der Waals surface area contributed by atoms with Crippen LogP contribution in [0.25, 0.3) is 10.8 Å². The minimum Gasteiger partial charge on any atom is -0.348 e. The Morgan fingerprint density at radius 2 is 2.14 bits per heavy atom. The van der Waals surface area contributed by atoms with E-state index < -0.39 is 0 Å². The third-order valence-electron chi connectivity index (χ3n) is 4.71. The molecule has 0 radical (unpaired) electrons. The van der Waals surface area contributed by atoms with Gasteiger partial charge in [-0.1, -0.05) is 29.8 Å². The van der Waals surface area contributed by atoms with Gasteiger partial charge in [-0.2, -0.15) is 0 Å². The van der Waals surface area contributed by atoms with Crippen molar-refractivity contribution in [3.63, 3.8) is 0 Å². The van der Waals surface area contributed by atoms with Gasteiger partial charge < -0.3 is 10.6 Å². The summed E-state index contributed by atoms with van der Waals surface area (Å²) in [6, 6.07) is 12.8. The average molecular weight is 301 g/mol. The smallest absolute Gasteiger partial charge is 0.251 e. The highest BCUT2D eigenvalue weighted by Crippen LogP contribution is 2.29. The largest absolute Gasteiger partial charge is 0.348 e. The van der Waals surface area contributed by atoms with Gasteiger partial charge in [0.15, 0.2) is 0 Å². The predicted octanol–water partition coefficient (Wildman–Crippen LogP) is 3.12. The first-order valence-electron chi connectivity index (χ1n) is 7.46. The first-order chi connectivity index (χ1) is 10.2. The van der Waals surface area contributed by atoms with Crippen LogP contribution in [-0.2, 0) is 0 Å². The fourth-order valence-corrected chi connectivity index (χ4v) is 3.87. The highest BCUT2D eigenvalue weighted by atomic mass is 35.5. The first kappa shape index (κ1) is 13.1. The Kier molecular flexibility index (Phi) is 3.12. The van der Waals surface area contributed by atoms with Gasteiger partial charge in [0, 0.05) is 34.1 Å². The molecule has 2 fully saturated rings. The molecule has 2 aliphatic heterocycles. The van der Waals surface area contributed by atoms with E-state index in [2.05, 4.69) is 10.6 Å². The number of nitrogens with one attached hydrogen (secondary N) is 2. The van der Waals surface area contributed by atoms with Gasteiger partial charge in [0.1, 0.15) is 0 Å². The normalized spacial score (nSPS) is 27.2. The second-order valence-corrected chi connectivity index (χ2v) is 6.45. The summed E-state index contributed by atoms with van der Waals surface area (Å²) in [4.78, 5) is 12.4. The molecule has 0 aromatic heterocycles. The molecule has 0 saturated carbocycles. The van der Waals surface area contributed by atoms with Gasteiger partial charge in [-0.05, 0) is 42.8 Å². The Morgan fingerprint density at radius 1 is 1.24 bits per heavy atom. The lowest BCUT2D eigenvalue weighted by Crippen LogP contribution is -2.42. The molecule has 4 heteroatoms. The summed E-state index contributed by atoms with van der Waals surface area (Å²) in [6.45, 7) is 0. The summed E-state index contributed by atoms with van der Waals surface area (Å²) in [5.74, 6) is 0.0104. The fraction of sp³-hybridized carbons (Fsp3) is 0.353.